The van der Waals surface area contributed by atoms with E-state index >= 15 is 0 Å². The lowest BCUT2D eigenvalue weighted by molar-refractivity contribution is 0.0954. The third-order valence-electron chi connectivity index (χ3n) is 4.39. The summed E-state index contributed by atoms with van der Waals surface area (Å²) in [4.78, 5) is 18.8. The Balaban J connectivity index is 1.56. The predicted molar refractivity (Wildman–Crippen MR) is 108 cm³/mol. The van der Waals surface area contributed by atoms with E-state index < -0.39 is 0 Å². The van der Waals surface area contributed by atoms with E-state index in [2.05, 4.69) is 44.6 Å². The lowest BCUT2D eigenvalue weighted by Gasteiger charge is -2.12. The fraction of sp³-hybridized carbons (Fsp3) is 0.286. The molecule has 1 aromatic carbocycles. The molecule has 3 aromatic rings. The zero-order chi connectivity index (χ0) is 19.4. The fourth-order valence-electron chi connectivity index (χ4n) is 2.89. The lowest BCUT2D eigenvalue weighted by atomic mass is 10.1. The number of anilines is 1. The molecule has 27 heavy (non-hydrogen) atoms. The minimum Gasteiger partial charge on any atom is -0.378 e. The first-order valence-electron chi connectivity index (χ1n) is 8.98. The average molecular weight is 363 g/mol. The summed E-state index contributed by atoms with van der Waals surface area (Å²) in [6.45, 7) is 4.51. The second kappa shape index (κ2) is 8.03. The average Bonchev–Trinajstić information content (AvgIpc) is 3.00. The molecule has 2 heterocycles. The van der Waals surface area contributed by atoms with Crippen LogP contribution in [0.3, 0.4) is 0 Å². The molecule has 1 N–H and O–H groups in total. The molecular weight excluding hydrogens is 338 g/mol. The minimum absolute atomic E-state index is 0.118. The molecule has 0 aliphatic heterocycles. The Kier molecular flexibility index (Phi) is 5.54. The van der Waals surface area contributed by atoms with Gasteiger partial charge in [-0.05, 0) is 56.2 Å². The van der Waals surface area contributed by atoms with Crippen LogP contribution in [0.2, 0.25) is 0 Å². The third-order valence-corrected chi connectivity index (χ3v) is 4.39. The van der Waals surface area contributed by atoms with Crippen LogP contribution in [-0.4, -0.2) is 41.3 Å². The Morgan fingerprint density at radius 2 is 1.85 bits per heavy atom. The van der Waals surface area contributed by atoms with Crippen molar-refractivity contribution < 1.29 is 4.79 Å². The van der Waals surface area contributed by atoms with E-state index in [1.165, 1.54) is 5.56 Å². The number of nitrogens with zero attached hydrogens (tertiary/aromatic N) is 4. The van der Waals surface area contributed by atoms with Crippen LogP contribution in [-0.2, 0) is 6.42 Å². The van der Waals surface area contributed by atoms with Gasteiger partial charge in [-0.1, -0.05) is 12.1 Å². The van der Waals surface area contributed by atoms with Crippen LogP contribution in [0.25, 0.3) is 5.82 Å². The normalized spacial score (nSPS) is 10.7. The van der Waals surface area contributed by atoms with Crippen molar-refractivity contribution in [2.24, 2.45) is 0 Å². The van der Waals surface area contributed by atoms with Crippen LogP contribution < -0.4 is 10.2 Å². The van der Waals surface area contributed by atoms with Gasteiger partial charge in [0, 0.05) is 38.2 Å². The molecule has 0 fully saturated rings. The highest BCUT2D eigenvalue weighted by Gasteiger charge is 2.09. The Bertz CT molecular complexity index is 911. The van der Waals surface area contributed by atoms with Gasteiger partial charge in [0.1, 0.15) is 0 Å². The summed E-state index contributed by atoms with van der Waals surface area (Å²) in [6, 6.07) is 13.9. The molecule has 3 rings (SSSR count). The molecule has 140 valence electrons. The van der Waals surface area contributed by atoms with Crippen molar-refractivity contribution in [1.29, 1.82) is 0 Å². The summed E-state index contributed by atoms with van der Waals surface area (Å²) in [7, 11) is 4.03. The van der Waals surface area contributed by atoms with Crippen molar-refractivity contribution in [3.8, 4) is 5.82 Å². The van der Waals surface area contributed by atoms with Crippen LogP contribution in [0.4, 0.5) is 5.69 Å². The van der Waals surface area contributed by atoms with E-state index in [1.54, 1.807) is 16.9 Å². The van der Waals surface area contributed by atoms with E-state index in [0.29, 0.717) is 17.9 Å². The van der Waals surface area contributed by atoms with Crippen LogP contribution in [0.15, 0.2) is 48.7 Å². The first-order valence-corrected chi connectivity index (χ1v) is 8.98. The van der Waals surface area contributed by atoms with Gasteiger partial charge < -0.3 is 10.2 Å². The summed E-state index contributed by atoms with van der Waals surface area (Å²) >= 11 is 0. The lowest BCUT2D eigenvalue weighted by Crippen LogP contribution is -2.25. The van der Waals surface area contributed by atoms with E-state index in [9.17, 15) is 4.79 Å². The maximum atomic E-state index is 12.3. The molecular formula is C21H25N5O. The SMILES string of the molecule is Cc1cc(C)n(-c2ccc(C(=O)NCCc3ccc(N(C)C)cc3)cn2)n1. The molecule has 0 spiro atoms. The second-order valence-electron chi connectivity index (χ2n) is 6.81. The highest BCUT2D eigenvalue weighted by molar-refractivity contribution is 5.93. The van der Waals surface area contributed by atoms with Crippen molar-refractivity contribution in [2.45, 2.75) is 20.3 Å². The molecule has 2 aromatic heterocycles. The molecule has 1 amide bonds. The summed E-state index contributed by atoms with van der Waals surface area (Å²) in [6.07, 6.45) is 2.38. The number of aromatic nitrogens is 3. The number of carbonyl (C=O) groups is 1. The summed E-state index contributed by atoms with van der Waals surface area (Å²) in [5.41, 5.74) is 4.85. The number of benzene rings is 1. The number of hydrogen-bond donors (Lipinski definition) is 1. The Labute approximate surface area is 159 Å². The van der Waals surface area contributed by atoms with Crippen molar-refractivity contribution in [3.63, 3.8) is 0 Å². The van der Waals surface area contributed by atoms with Gasteiger partial charge in [0.25, 0.3) is 5.91 Å². The van der Waals surface area contributed by atoms with E-state index in [0.717, 1.165) is 23.5 Å². The smallest absolute Gasteiger partial charge is 0.252 e. The van der Waals surface area contributed by atoms with Gasteiger partial charge in [0.15, 0.2) is 5.82 Å². The van der Waals surface area contributed by atoms with Crippen LogP contribution in [0.5, 0.6) is 0 Å². The van der Waals surface area contributed by atoms with Crippen molar-refractivity contribution in [1.82, 2.24) is 20.1 Å². The zero-order valence-electron chi connectivity index (χ0n) is 16.2. The van der Waals surface area contributed by atoms with E-state index in [4.69, 9.17) is 0 Å². The topological polar surface area (TPSA) is 63.1 Å². The van der Waals surface area contributed by atoms with Crippen molar-refractivity contribution in [2.75, 3.05) is 25.5 Å². The summed E-state index contributed by atoms with van der Waals surface area (Å²) in [5.74, 6) is 0.588. The highest BCUT2D eigenvalue weighted by Crippen LogP contribution is 2.13. The van der Waals surface area contributed by atoms with E-state index in [1.807, 2.05) is 40.1 Å². The number of nitrogens with one attached hydrogen (secondary N) is 1. The van der Waals surface area contributed by atoms with Gasteiger partial charge >= 0.3 is 0 Å². The van der Waals surface area contributed by atoms with Gasteiger partial charge in [0.2, 0.25) is 0 Å². The number of amides is 1. The van der Waals surface area contributed by atoms with Gasteiger partial charge in [-0.2, -0.15) is 5.10 Å². The zero-order valence-corrected chi connectivity index (χ0v) is 16.2. The van der Waals surface area contributed by atoms with Crippen LogP contribution >= 0.6 is 0 Å². The van der Waals surface area contributed by atoms with Gasteiger partial charge in [-0.15, -0.1) is 0 Å². The molecule has 0 saturated carbocycles. The molecule has 0 atom stereocenters. The summed E-state index contributed by atoms with van der Waals surface area (Å²) in [5, 5.41) is 7.35. The van der Waals surface area contributed by atoms with Gasteiger partial charge in [-0.25, -0.2) is 9.67 Å². The van der Waals surface area contributed by atoms with E-state index in [-0.39, 0.29) is 5.91 Å². The first-order chi connectivity index (χ1) is 12.9. The first kappa shape index (κ1) is 18.6. The Hall–Kier alpha value is -3.15. The largest absolute Gasteiger partial charge is 0.378 e. The summed E-state index contributed by atoms with van der Waals surface area (Å²) < 4.78 is 1.77. The number of hydrogen-bond acceptors (Lipinski definition) is 4. The molecule has 0 aliphatic carbocycles. The maximum absolute atomic E-state index is 12.3. The number of pyridine rings is 1. The monoisotopic (exact) mass is 363 g/mol. The molecule has 0 radical (unpaired) electrons. The van der Waals surface area contributed by atoms with Crippen LogP contribution in [0.1, 0.15) is 27.3 Å². The number of carbonyl (C=O) groups excluding carboxylic acids is 1. The fourth-order valence-corrected chi connectivity index (χ4v) is 2.89. The Morgan fingerprint density at radius 1 is 1.11 bits per heavy atom. The van der Waals surface area contributed by atoms with Crippen molar-refractivity contribution >= 4 is 11.6 Å². The number of rotatable bonds is 6. The minimum atomic E-state index is -0.118. The maximum Gasteiger partial charge on any atom is 0.252 e. The quantitative estimate of drug-likeness (QED) is 0.731. The molecule has 0 aliphatic rings. The molecule has 0 unspecified atom stereocenters. The van der Waals surface area contributed by atoms with Crippen molar-refractivity contribution in [3.05, 3.63) is 71.2 Å². The molecule has 6 heteroatoms. The molecule has 0 bridgehead atoms. The third kappa shape index (κ3) is 4.53. The molecule has 0 saturated heterocycles. The van der Waals surface area contributed by atoms with Crippen LogP contribution in [0, 0.1) is 13.8 Å². The number of aryl methyl sites for hydroxylation is 2. The highest BCUT2D eigenvalue weighted by atomic mass is 16.1. The van der Waals surface area contributed by atoms with Gasteiger partial charge in [0.05, 0.1) is 11.3 Å². The molecule has 6 nitrogen and oxygen atoms in total. The predicted octanol–water partition coefficient (Wildman–Crippen LogP) is 2.92. The Morgan fingerprint density at radius 3 is 2.41 bits per heavy atom. The standard InChI is InChI=1S/C21H25N5O/c1-15-13-16(2)26(24-15)20-10-7-18(14-23-20)21(27)22-12-11-17-5-8-19(9-6-17)25(3)4/h5-10,13-14H,11-12H2,1-4H3,(H,22,27). The van der Waals surface area contributed by atoms with Gasteiger partial charge in [-0.3, -0.25) is 4.79 Å². The second-order valence-corrected chi connectivity index (χ2v) is 6.81.